The molecule has 0 bridgehead atoms. The lowest BCUT2D eigenvalue weighted by molar-refractivity contribution is -0.127. The molecule has 0 spiro atoms. The zero-order valence-electron chi connectivity index (χ0n) is 14.2. The summed E-state index contributed by atoms with van der Waals surface area (Å²) in [7, 11) is 0. The second-order valence-corrected chi connectivity index (χ2v) is 7.44. The fourth-order valence-corrected chi connectivity index (χ4v) is 3.34. The van der Waals surface area contributed by atoms with Gasteiger partial charge in [0.2, 0.25) is 16.9 Å². The number of nitrogens with zero attached hydrogens (tertiary/aromatic N) is 2. The van der Waals surface area contributed by atoms with Crippen LogP contribution in [0.15, 0.2) is 24.3 Å². The monoisotopic (exact) mass is 358 g/mol. The van der Waals surface area contributed by atoms with Gasteiger partial charge < -0.3 is 10.6 Å². The van der Waals surface area contributed by atoms with Crippen molar-refractivity contribution in [2.45, 2.75) is 39.0 Å². The van der Waals surface area contributed by atoms with Crippen molar-refractivity contribution < 1.29 is 9.59 Å². The molecule has 1 aromatic carbocycles. The smallest absolute Gasteiger partial charge is 0.227 e. The Morgan fingerprint density at radius 2 is 1.96 bits per heavy atom. The Kier molecular flexibility index (Phi) is 5.75. The highest BCUT2D eigenvalue weighted by molar-refractivity contribution is 7.15. The van der Waals surface area contributed by atoms with E-state index >= 15 is 0 Å². The second kappa shape index (κ2) is 8.20. The van der Waals surface area contributed by atoms with Crippen molar-refractivity contribution in [3.8, 4) is 0 Å². The number of hydrogen-bond acceptors (Lipinski definition) is 5. The maximum atomic E-state index is 11.9. The highest BCUT2D eigenvalue weighted by Crippen LogP contribution is 2.26. The summed E-state index contributed by atoms with van der Waals surface area (Å²) in [4.78, 5) is 23.6. The molecule has 1 saturated carbocycles. The Hall–Kier alpha value is -2.28. The number of aryl methyl sites for hydroxylation is 1. The predicted octanol–water partition coefficient (Wildman–Crippen LogP) is 2.68. The van der Waals surface area contributed by atoms with Crippen molar-refractivity contribution in [2.75, 3.05) is 11.9 Å². The Labute approximate surface area is 151 Å². The third-order valence-electron chi connectivity index (χ3n) is 4.32. The average Bonchev–Trinajstić information content (AvgIpc) is 2.95. The highest BCUT2D eigenvalue weighted by Gasteiger charge is 2.24. The van der Waals surface area contributed by atoms with Gasteiger partial charge in [-0.3, -0.25) is 9.59 Å². The van der Waals surface area contributed by atoms with Crippen LogP contribution < -0.4 is 10.6 Å². The molecule has 0 atom stereocenters. The highest BCUT2D eigenvalue weighted by atomic mass is 32.1. The lowest BCUT2D eigenvalue weighted by Crippen LogP contribution is -2.36. The number of hydrogen-bond donors (Lipinski definition) is 2. The van der Waals surface area contributed by atoms with E-state index in [1.165, 1.54) is 22.5 Å². The Morgan fingerprint density at radius 3 is 2.64 bits per heavy atom. The molecule has 1 heterocycles. The minimum Gasteiger partial charge on any atom is -0.355 e. The molecule has 0 radical (unpaired) electrons. The molecule has 0 saturated heterocycles. The first kappa shape index (κ1) is 17.5. The van der Waals surface area contributed by atoms with Gasteiger partial charge in [0.05, 0.1) is 0 Å². The molecular weight excluding hydrogens is 336 g/mol. The quantitative estimate of drug-likeness (QED) is 0.797. The van der Waals surface area contributed by atoms with Gasteiger partial charge in [-0.25, -0.2) is 0 Å². The predicted molar refractivity (Wildman–Crippen MR) is 97.5 cm³/mol. The Morgan fingerprint density at radius 1 is 1.20 bits per heavy atom. The largest absolute Gasteiger partial charge is 0.355 e. The summed E-state index contributed by atoms with van der Waals surface area (Å²) in [5, 5.41) is 15.0. The molecule has 0 unspecified atom stereocenters. The summed E-state index contributed by atoms with van der Waals surface area (Å²) in [5.41, 5.74) is 2.39. The van der Waals surface area contributed by atoms with Crippen LogP contribution in [0.2, 0.25) is 0 Å². The van der Waals surface area contributed by atoms with Crippen LogP contribution in [0.1, 0.15) is 41.8 Å². The molecule has 2 aromatic rings. The van der Waals surface area contributed by atoms with Gasteiger partial charge in [0, 0.05) is 25.3 Å². The van der Waals surface area contributed by atoms with Crippen molar-refractivity contribution in [2.24, 2.45) is 5.92 Å². The van der Waals surface area contributed by atoms with Crippen LogP contribution in [0.5, 0.6) is 0 Å². The van der Waals surface area contributed by atoms with Crippen molar-refractivity contribution in [3.05, 3.63) is 40.4 Å². The van der Waals surface area contributed by atoms with E-state index in [4.69, 9.17) is 0 Å². The zero-order valence-corrected chi connectivity index (χ0v) is 15.1. The SMILES string of the molecule is Cc1ccc(Cc2nnc(NC(=O)CCNC(=O)C3CCC3)s2)cc1. The molecule has 1 aliphatic rings. The van der Waals surface area contributed by atoms with Crippen LogP contribution in [0, 0.1) is 12.8 Å². The summed E-state index contributed by atoms with van der Waals surface area (Å²) >= 11 is 1.38. The van der Waals surface area contributed by atoms with Gasteiger partial charge in [0.15, 0.2) is 0 Å². The number of anilines is 1. The molecule has 25 heavy (non-hydrogen) atoms. The first-order chi connectivity index (χ1) is 12.1. The van der Waals surface area contributed by atoms with E-state index in [0.29, 0.717) is 18.1 Å². The number of benzene rings is 1. The molecule has 7 heteroatoms. The minimum atomic E-state index is -0.160. The number of nitrogens with one attached hydrogen (secondary N) is 2. The maximum Gasteiger partial charge on any atom is 0.227 e. The van der Waals surface area contributed by atoms with Gasteiger partial charge in [-0.1, -0.05) is 47.6 Å². The van der Waals surface area contributed by atoms with Gasteiger partial charge in [0.1, 0.15) is 5.01 Å². The van der Waals surface area contributed by atoms with E-state index in [9.17, 15) is 9.59 Å². The van der Waals surface area contributed by atoms with E-state index in [2.05, 4.69) is 52.0 Å². The van der Waals surface area contributed by atoms with Gasteiger partial charge in [0.25, 0.3) is 0 Å². The molecule has 2 amide bonds. The molecular formula is C18H22N4O2S. The number of carbonyl (C=O) groups excluding carboxylic acids is 2. The van der Waals surface area contributed by atoms with Crippen LogP contribution >= 0.6 is 11.3 Å². The van der Waals surface area contributed by atoms with E-state index < -0.39 is 0 Å². The van der Waals surface area contributed by atoms with Crippen LogP contribution in [0.25, 0.3) is 0 Å². The zero-order chi connectivity index (χ0) is 17.6. The van der Waals surface area contributed by atoms with Crippen molar-refractivity contribution in [3.63, 3.8) is 0 Å². The standard InChI is InChI=1S/C18H22N4O2S/c1-12-5-7-13(8-6-12)11-16-21-22-18(25-16)20-15(23)9-10-19-17(24)14-3-2-4-14/h5-8,14H,2-4,9-11H2,1H3,(H,19,24)(H,20,22,23). The first-order valence-electron chi connectivity index (χ1n) is 8.55. The number of amides is 2. The van der Waals surface area contributed by atoms with Gasteiger partial charge in [-0.2, -0.15) is 0 Å². The summed E-state index contributed by atoms with van der Waals surface area (Å²) in [6.07, 6.45) is 4.00. The number of carbonyl (C=O) groups is 2. The maximum absolute atomic E-state index is 11.9. The first-order valence-corrected chi connectivity index (χ1v) is 9.37. The fraction of sp³-hybridized carbons (Fsp3) is 0.444. The number of aromatic nitrogens is 2. The van der Waals surface area contributed by atoms with Crippen molar-refractivity contribution in [1.29, 1.82) is 0 Å². The van der Waals surface area contributed by atoms with Crippen LogP contribution in [0.3, 0.4) is 0 Å². The molecule has 1 fully saturated rings. The van der Waals surface area contributed by atoms with Crippen molar-refractivity contribution >= 4 is 28.3 Å². The van der Waals surface area contributed by atoms with Crippen molar-refractivity contribution in [1.82, 2.24) is 15.5 Å². The molecule has 3 rings (SSSR count). The van der Waals surface area contributed by atoms with E-state index in [-0.39, 0.29) is 24.2 Å². The second-order valence-electron chi connectivity index (χ2n) is 6.38. The lowest BCUT2D eigenvalue weighted by Gasteiger charge is -2.23. The lowest BCUT2D eigenvalue weighted by atomic mass is 9.85. The van der Waals surface area contributed by atoms with E-state index in [1.807, 2.05) is 0 Å². The fourth-order valence-electron chi connectivity index (χ4n) is 2.55. The van der Waals surface area contributed by atoms with Gasteiger partial charge >= 0.3 is 0 Å². The molecule has 1 aliphatic carbocycles. The number of rotatable bonds is 7. The third kappa shape index (κ3) is 5.09. The topological polar surface area (TPSA) is 84.0 Å². The van der Waals surface area contributed by atoms with Crippen LogP contribution in [-0.2, 0) is 16.0 Å². The van der Waals surface area contributed by atoms with Gasteiger partial charge in [-0.15, -0.1) is 10.2 Å². The molecule has 1 aromatic heterocycles. The minimum absolute atomic E-state index is 0.0651. The Balaban J connectivity index is 1.41. The Bertz CT molecular complexity index is 738. The third-order valence-corrected chi connectivity index (χ3v) is 5.16. The summed E-state index contributed by atoms with van der Waals surface area (Å²) in [6, 6.07) is 8.27. The summed E-state index contributed by atoms with van der Waals surface area (Å²) in [6.45, 7) is 2.41. The van der Waals surface area contributed by atoms with Crippen LogP contribution in [0.4, 0.5) is 5.13 Å². The molecule has 132 valence electrons. The molecule has 0 aliphatic heterocycles. The summed E-state index contributed by atoms with van der Waals surface area (Å²) in [5.74, 6) is 0.0536. The normalized spacial score (nSPS) is 14.0. The molecule has 2 N–H and O–H groups in total. The average molecular weight is 358 g/mol. The summed E-state index contributed by atoms with van der Waals surface area (Å²) < 4.78 is 0. The van der Waals surface area contributed by atoms with E-state index in [1.54, 1.807) is 0 Å². The molecule has 6 nitrogen and oxygen atoms in total. The van der Waals surface area contributed by atoms with Gasteiger partial charge in [-0.05, 0) is 25.3 Å². The van der Waals surface area contributed by atoms with E-state index in [0.717, 1.165) is 24.3 Å². The van der Waals surface area contributed by atoms with Crippen LogP contribution in [-0.4, -0.2) is 28.6 Å².